The van der Waals surface area contributed by atoms with E-state index in [4.69, 9.17) is 9.47 Å². The molecule has 7 heteroatoms. The highest BCUT2D eigenvalue weighted by atomic mass is 16.6. The summed E-state index contributed by atoms with van der Waals surface area (Å²) in [7, 11) is 0. The highest BCUT2D eigenvalue weighted by Crippen LogP contribution is 2.30. The molecule has 0 unspecified atom stereocenters. The third-order valence-electron chi connectivity index (χ3n) is 3.65. The summed E-state index contributed by atoms with van der Waals surface area (Å²) in [6.07, 6.45) is 5.04. The van der Waals surface area contributed by atoms with Crippen molar-refractivity contribution in [2.75, 3.05) is 19.8 Å². The molecule has 2 aromatic rings. The van der Waals surface area contributed by atoms with E-state index in [0.717, 1.165) is 5.56 Å². The fraction of sp³-hybridized carbons (Fsp3) is 0.150. The molecule has 1 aliphatic heterocycles. The lowest BCUT2D eigenvalue weighted by Crippen LogP contribution is -2.34. The topological polar surface area (TPSA) is 89.0 Å². The Kier molecular flexibility index (Phi) is 6.19. The maximum absolute atomic E-state index is 12.1. The molecular formula is C20H19N3O4. The van der Waals surface area contributed by atoms with Gasteiger partial charge in [0.05, 0.1) is 6.54 Å². The second-order valence-electron chi connectivity index (χ2n) is 5.62. The Morgan fingerprint density at radius 3 is 2.63 bits per heavy atom. The second-order valence-corrected chi connectivity index (χ2v) is 5.62. The number of rotatable bonds is 6. The molecule has 3 rings (SSSR count). The third-order valence-corrected chi connectivity index (χ3v) is 3.65. The number of carbonyl (C=O) groups is 2. The van der Waals surface area contributed by atoms with Crippen LogP contribution in [0.4, 0.5) is 0 Å². The summed E-state index contributed by atoms with van der Waals surface area (Å²) < 4.78 is 10.8. The van der Waals surface area contributed by atoms with Crippen molar-refractivity contribution in [2.45, 2.75) is 0 Å². The van der Waals surface area contributed by atoms with Crippen molar-refractivity contribution in [1.29, 1.82) is 0 Å². The quantitative estimate of drug-likeness (QED) is 0.605. The summed E-state index contributed by atoms with van der Waals surface area (Å²) >= 11 is 0. The Labute approximate surface area is 156 Å². The monoisotopic (exact) mass is 365 g/mol. The van der Waals surface area contributed by atoms with Gasteiger partial charge in [-0.05, 0) is 29.8 Å². The average molecular weight is 365 g/mol. The van der Waals surface area contributed by atoms with Crippen LogP contribution in [0.15, 0.2) is 59.7 Å². The van der Waals surface area contributed by atoms with Crippen molar-refractivity contribution in [3.8, 4) is 11.5 Å². The first kappa shape index (κ1) is 18.2. The van der Waals surface area contributed by atoms with Gasteiger partial charge in [-0.3, -0.25) is 9.59 Å². The van der Waals surface area contributed by atoms with Gasteiger partial charge in [0, 0.05) is 11.8 Å². The number of hydrogen-bond donors (Lipinski definition) is 2. The van der Waals surface area contributed by atoms with E-state index in [1.54, 1.807) is 24.3 Å². The highest BCUT2D eigenvalue weighted by Gasteiger charge is 2.15. The van der Waals surface area contributed by atoms with Crippen molar-refractivity contribution in [3.63, 3.8) is 0 Å². The lowest BCUT2D eigenvalue weighted by molar-refractivity contribution is -0.120. The number of nitrogens with one attached hydrogen (secondary N) is 2. The van der Waals surface area contributed by atoms with Crippen LogP contribution < -0.4 is 20.2 Å². The van der Waals surface area contributed by atoms with Gasteiger partial charge in [-0.1, -0.05) is 36.4 Å². The fourth-order valence-corrected chi connectivity index (χ4v) is 2.36. The molecule has 7 nitrogen and oxygen atoms in total. The van der Waals surface area contributed by atoms with Crippen LogP contribution in [0.25, 0.3) is 6.08 Å². The molecule has 0 saturated heterocycles. The number of nitrogens with zero attached hydrogens (tertiary/aromatic N) is 1. The molecule has 0 bridgehead atoms. The molecule has 138 valence electrons. The Hall–Kier alpha value is -3.61. The maximum atomic E-state index is 12.1. The number of benzene rings is 2. The van der Waals surface area contributed by atoms with Crippen LogP contribution in [-0.4, -0.2) is 37.8 Å². The van der Waals surface area contributed by atoms with Gasteiger partial charge in [-0.15, -0.1) is 0 Å². The van der Waals surface area contributed by atoms with E-state index in [0.29, 0.717) is 30.3 Å². The molecule has 0 aliphatic carbocycles. The number of hydrazone groups is 1. The summed E-state index contributed by atoms with van der Waals surface area (Å²) in [6, 6.07) is 14.6. The molecule has 0 radical (unpaired) electrons. The zero-order chi connectivity index (χ0) is 18.9. The average Bonchev–Trinajstić information content (AvgIpc) is 2.72. The standard InChI is InChI=1S/C20H19N3O4/c24-19(23-22-10-4-7-15-5-2-1-3-6-15)14-21-20(25)16-8-9-17-18(13-16)27-12-11-26-17/h1-10,13H,11-12,14H2,(H,21,25)(H,23,24)/b7-4+,22-10+. The zero-order valence-corrected chi connectivity index (χ0v) is 14.6. The molecule has 2 amide bonds. The Morgan fingerprint density at radius 2 is 1.81 bits per heavy atom. The number of ether oxygens (including phenoxy) is 2. The van der Waals surface area contributed by atoms with Gasteiger partial charge in [-0.25, -0.2) is 5.43 Å². The molecule has 2 N–H and O–H groups in total. The van der Waals surface area contributed by atoms with Crippen LogP contribution in [0.3, 0.4) is 0 Å². The van der Waals surface area contributed by atoms with Crippen molar-refractivity contribution in [3.05, 3.63) is 65.7 Å². The largest absolute Gasteiger partial charge is 0.486 e. The SMILES string of the molecule is O=C(CNC(=O)c1ccc2c(c1)OCCO2)N/N=C/C=C/c1ccccc1. The molecule has 1 heterocycles. The van der Waals surface area contributed by atoms with E-state index in [9.17, 15) is 9.59 Å². The predicted molar refractivity (Wildman–Crippen MR) is 102 cm³/mol. The van der Waals surface area contributed by atoms with Crippen LogP contribution in [0.1, 0.15) is 15.9 Å². The van der Waals surface area contributed by atoms with E-state index < -0.39 is 5.91 Å². The number of fused-ring (bicyclic) bond motifs is 1. The van der Waals surface area contributed by atoms with Gasteiger partial charge in [0.15, 0.2) is 11.5 Å². The normalized spacial score (nSPS) is 12.9. The number of allylic oxidation sites excluding steroid dienone is 1. The first-order valence-corrected chi connectivity index (χ1v) is 8.44. The number of amides is 2. The molecule has 0 saturated carbocycles. The van der Waals surface area contributed by atoms with Crippen molar-refractivity contribution < 1.29 is 19.1 Å². The minimum absolute atomic E-state index is 0.187. The molecule has 0 atom stereocenters. The molecular weight excluding hydrogens is 346 g/mol. The molecule has 0 fully saturated rings. The Balaban J connectivity index is 1.43. The lowest BCUT2D eigenvalue weighted by Gasteiger charge is -2.18. The van der Waals surface area contributed by atoms with Gasteiger partial charge < -0.3 is 14.8 Å². The number of hydrogen-bond acceptors (Lipinski definition) is 5. The van der Waals surface area contributed by atoms with Gasteiger partial charge in [0.1, 0.15) is 13.2 Å². The van der Waals surface area contributed by atoms with Crippen LogP contribution in [-0.2, 0) is 4.79 Å². The van der Waals surface area contributed by atoms with E-state index in [-0.39, 0.29) is 12.5 Å². The van der Waals surface area contributed by atoms with Gasteiger partial charge in [-0.2, -0.15) is 5.10 Å². The molecule has 1 aliphatic rings. The summed E-state index contributed by atoms with van der Waals surface area (Å²) in [5.74, 6) is 0.321. The first-order chi connectivity index (χ1) is 13.2. The van der Waals surface area contributed by atoms with E-state index in [2.05, 4.69) is 15.8 Å². The van der Waals surface area contributed by atoms with Gasteiger partial charge in [0.2, 0.25) is 0 Å². The van der Waals surface area contributed by atoms with Crippen LogP contribution in [0.2, 0.25) is 0 Å². The van der Waals surface area contributed by atoms with Crippen molar-refractivity contribution in [1.82, 2.24) is 10.7 Å². The van der Waals surface area contributed by atoms with Gasteiger partial charge >= 0.3 is 0 Å². The molecule has 0 spiro atoms. The Morgan fingerprint density at radius 1 is 1.04 bits per heavy atom. The van der Waals surface area contributed by atoms with E-state index in [1.807, 2.05) is 36.4 Å². The molecule has 0 aromatic heterocycles. The van der Waals surface area contributed by atoms with Crippen molar-refractivity contribution >= 4 is 24.1 Å². The summed E-state index contributed by atoms with van der Waals surface area (Å²) in [6.45, 7) is 0.740. The third kappa shape index (κ3) is 5.43. The zero-order valence-electron chi connectivity index (χ0n) is 14.6. The Bertz CT molecular complexity index is 863. The van der Waals surface area contributed by atoms with Crippen LogP contribution in [0.5, 0.6) is 11.5 Å². The first-order valence-electron chi connectivity index (χ1n) is 8.44. The van der Waals surface area contributed by atoms with Crippen LogP contribution in [0, 0.1) is 0 Å². The van der Waals surface area contributed by atoms with Gasteiger partial charge in [0.25, 0.3) is 11.8 Å². The smallest absolute Gasteiger partial charge is 0.259 e. The van der Waals surface area contributed by atoms with E-state index in [1.165, 1.54) is 6.21 Å². The molecule has 27 heavy (non-hydrogen) atoms. The van der Waals surface area contributed by atoms with Crippen LogP contribution >= 0.6 is 0 Å². The second kappa shape index (κ2) is 9.19. The minimum atomic E-state index is -0.426. The minimum Gasteiger partial charge on any atom is -0.486 e. The maximum Gasteiger partial charge on any atom is 0.259 e. The summed E-state index contributed by atoms with van der Waals surface area (Å²) in [5, 5.41) is 6.33. The van der Waals surface area contributed by atoms with E-state index >= 15 is 0 Å². The fourth-order valence-electron chi connectivity index (χ4n) is 2.36. The predicted octanol–water partition coefficient (Wildman–Crippen LogP) is 2.00. The summed E-state index contributed by atoms with van der Waals surface area (Å²) in [5.41, 5.74) is 3.77. The number of carbonyl (C=O) groups excluding carboxylic acids is 2. The summed E-state index contributed by atoms with van der Waals surface area (Å²) in [4.78, 5) is 23.9. The highest BCUT2D eigenvalue weighted by molar-refractivity contribution is 5.97. The lowest BCUT2D eigenvalue weighted by atomic mass is 10.2. The van der Waals surface area contributed by atoms with Crippen molar-refractivity contribution in [2.24, 2.45) is 5.10 Å². The molecule has 2 aromatic carbocycles.